The molecule has 0 saturated heterocycles. The molecule has 0 saturated carbocycles. The molecule has 0 radical (unpaired) electrons. The zero-order valence-corrected chi connectivity index (χ0v) is 10.8. The molecule has 0 unspecified atom stereocenters. The summed E-state index contributed by atoms with van der Waals surface area (Å²) in [6.07, 6.45) is 1.78. The second kappa shape index (κ2) is 5.60. The number of anilines is 1. The first kappa shape index (κ1) is 12.5. The van der Waals surface area contributed by atoms with Gasteiger partial charge in [0.25, 0.3) is 0 Å². The van der Waals surface area contributed by atoms with Crippen LogP contribution in [0.2, 0.25) is 0 Å². The van der Waals surface area contributed by atoms with E-state index in [0.717, 1.165) is 23.8 Å². The fourth-order valence-corrected chi connectivity index (χ4v) is 1.87. The average Bonchev–Trinajstić information content (AvgIpc) is 2.39. The summed E-state index contributed by atoms with van der Waals surface area (Å²) in [5.41, 5.74) is 8.03. The van der Waals surface area contributed by atoms with E-state index in [1.807, 2.05) is 32.2 Å². The zero-order valence-electron chi connectivity index (χ0n) is 10.8. The van der Waals surface area contributed by atoms with Gasteiger partial charge in [-0.2, -0.15) is 0 Å². The van der Waals surface area contributed by atoms with E-state index in [9.17, 15) is 0 Å². The Hall–Kier alpha value is -1.94. The van der Waals surface area contributed by atoms with Gasteiger partial charge in [-0.1, -0.05) is 24.3 Å². The van der Waals surface area contributed by atoms with Crippen LogP contribution in [0.1, 0.15) is 17.0 Å². The molecule has 0 amide bonds. The standard InChI is InChI=1S/C14H18N4/c1-11-16-7-6-14(17-11)18(2)10-13-5-3-4-12(8-13)9-15/h3-8H,9-10,15H2,1-2H3. The van der Waals surface area contributed by atoms with E-state index in [0.29, 0.717) is 6.54 Å². The first-order valence-electron chi connectivity index (χ1n) is 5.97. The largest absolute Gasteiger partial charge is 0.355 e. The summed E-state index contributed by atoms with van der Waals surface area (Å²) >= 11 is 0. The molecule has 2 aromatic rings. The van der Waals surface area contributed by atoms with Crippen molar-refractivity contribution in [3.8, 4) is 0 Å². The number of nitrogens with zero attached hydrogens (tertiary/aromatic N) is 3. The van der Waals surface area contributed by atoms with Gasteiger partial charge >= 0.3 is 0 Å². The molecule has 94 valence electrons. The van der Waals surface area contributed by atoms with Crippen LogP contribution in [0, 0.1) is 6.92 Å². The Balaban J connectivity index is 2.13. The average molecular weight is 242 g/mol. The quantitative estimate of drug-likeness (QED) is 0.889. The van der Waals surface area contributed by atoms with Crippen LogP contribution in [0.25, 0.3) is 0 Å². The molecule has 2 rings (SSSR count). The van der Waals surface area contributed by atoms with Gasteiger partial charge in [-0.15, -0.1) is 0 Å². The maximum absolute atomic E-state index is 5.65. The highest BCUT2D eigenvalue weighted by Crippen LogP contribution is 2.13. The number of hydrogen-bond donors (Lipinski definition) is 1. The van der Waals surface area contributed by atoms with Crippen molar-refractivity contribution in [2.75, 3.05) is 11.9 Å². The molecule has 4 nitrogen and oxygen atoms in total. The molecule has 0 bridgehead atoms. The van der Waals surface area contributed by atoms with Gasteiger partial charge in [0.2, 0.25) is 0 Å². The molecule has 0 spiro atoms. The van der Waals surface area contributed by atoms with E-state index in [4.69, 9.17) is 5.73 Å². The van der Waals surface area contributed by atoms with Crippen LogP contribution < -0.4 is 10.6 Å². The summed E-state index contributed by atoms with van der Waals surface area (Å²) in [6, 6.07) is 10.2. The lowest BCUT2D eigenvalue weighted by Crippen LogP contribution is -2.18. The van der Waals surface area contributed by atoms with Crippen LogP contribution in [0.5, 0.6) is 0 Å². The van der Waals surface area contributed by atoms with E-state index in [1.165, 1.54) is 5.56 Å². The number of rotatable bonds is 4. The molecule has 1 heterocycles. The van der Waals surface area contributed by atoms with Gasteiger partial charge in [0.05, 0.1) is 0 Å². The van der Waals surface area contributed by atoms with E-state index < -0.39 is 0 Å². The summed E-state index contributed by atoms with van der Waals surface area (Å²) in [7, 11) is 2.02. The Morgan fingerprint density at radius 2 is 2.00 bits per heavy atom. The van der Waals surface area contributed by atoms with E-state index in [1.54, 1.807) is 6.20 Å². The van der Waals surface area contributed by atoms with Crippen LogP contribution in [0.3, 0.4) is 0 Å². The van der Waals surface area contributed by atoms with Crippen LogP contribution in [0.4, 0.5) is 5.82 Å². The first-order chi connectivity index (χ1) is 8.69. The summed E-state index contributed by atoms with van der Waals surface area (Å²) in [6.45, 7) is 3.28. The lowest BCUT2D eigenvalue weighted by atomic mass is 10.1. The SMILES string of the molecule is Cc1nccc(N(C)Cc2cccc(CN)c2)n1. The summed E-state index contributed by atoms with van der Waals surface area (Å²) in [4.78, 5) is 10.6. The van der Waals surface area contributed by atoms with Crippen LogP contribution >= 0.6 is 0 Å². The van der Waals surface area contributed by atoms with Crippen molar-refractivity contribution in [1.29, 1.82) is 0 Å². The predicted octanol–water partition coefficient (Wildman–Crippen LogP) is 1.88. The minimum Gasteiger partial charge on any atom is -0.355 e. The maximum atomic E-state index is 5.65. The van der Waals surface area contributed by atoms with Crippen molar-refractivity contribution < 1.29 is 0 Å². The summed E-state index contributed by atoms with van der Waals surface area (Å²) in [5.74, 6) is 1.72. The molecular formula is C14H18N4. The number of benzene rings is 1. The molecule has 2 N–H and O–H groups in total. The molecule has 0 atom stereocenters. The highest BCUT2D eigenvalue weighted by atomic mass is 15.2. The molecule has 1 aromatic carbocycles. The molecule has 1 aromatic heterocycles. The van der Waals surface area contributed by atoms with Gasteiger partial charge < -0.3 is 10.6 Å². The van der Waals surface area contributed by atoms with Gasteiger partial charge in [-0.05, 0) is 24.1 Å². The Morgan fingerprint density at radius 3 is 2.72 bits per heavy atom. The van der Waals surface area contributed by atoms with Gasteiger partial charge in [-0.3, -0.25) is 0 Å². The third kappa shape index (κ3) is 3.05. The van der Waals surface area contributed by atoms with E-state index >= 15 is 0 Å². The van der Waals surface area contributed by atoms with Crippen molar-refractivity contribution in [2.24, 2.45) is 5.73 Å². The molecule has 0 aliphatic rings. The number of hydrogen-bond acceptors (Lipinski definition) is 4. The highest BCUT2D eigenvalue weighted by Gasteiger charge is 2.04. The minimum atomic E-state index is 0.574. The Labute approximate surface area is 107 Å². The van der Waals surface area contributed by atoms with Gasteiger partial charge in [0.15, 0.2) is 0 Å². The van der Waals surface area contributed by atoms with Crippen molar-refractivity contribution in [3.63, 3.8) is 0 Å². The normalized spacial score (nSPS) is 10.4. The number of aryl methyl sites for hydroxylation is 1. The van der Waals surface area contributed by atoms with Crippen molar-refractivity contribution >= 4 is 5.82 Å². The fourth-order valence-electron chi connectivity index (χ4n) is 1.87. The van der Waals surface area contributed by atoms with Crippen LogP contribution in [-0.4, -0.2) is 17.0 Å². The minimum absolute atomic E-state index is 0.574. The first-order valence-corrected chi connectivity index (χ1v) is 5.97. The third-order valence-corrected chi connectivity index (χ3v) is 2.80. The summed E-state index contributed by atoms with van der Waals surface area (Å²) < 4.78 is 0. The Kier molecular flexibility index (Phi) is 3.89. The topological polar surface area (TPSA) is 55.0 Å². The molecule has 0 aliphatic carbocycles. The van der Waals surface area contributed by atoms with Crippen molar-refractivity contribution in [1.82, 2.24) is 9.97 Å². The lowest BCUT2D eigenvalue weighted by molar-refractivity contribution is 0.876. The molecule has 4 heteroatoms. The van der Waals surface area contributed by atoms with Crippen molar-refractivity contribution in [3.05, 3.63) is 53.5 Å². The number of aromatic nitrogens is 2. The van der Waals surface area contributed by atoms with Crippen molar-refractivity contribution in [2.45, 2.75) is 20.0 Å². The predicted molar refractivity (Wildman–Crippen MR) is 73.2 cm³/mol. The Bertz CT molecular complexity index is 525. The number of nitrogens with two attached hydrogens (primary N) is 1. The van der Waals surface area contributed by atoms with Crippen LogP contribution in [-0.2, 0) is 13.1 Å². The van der Waals surface area contributed by atoms with E-state index in [2.05, 4.69) is 27.0 Å². The third-order valence-electron chi connectivity index (χ3n) is 2.80. The fraction of sp³-hybridized carbons (Fsp3) is 0.286. The highest BCUT2D eigenvalue weighted by molar-refractivity contribution is 5.38. The van der Waals surface area contributed by atoms with Gasteiger partial charge in [-0.25, -0.2) is 9.97 Å². The smallest absolute Gasteiger partial charge is 0.132 e. The van der Waals surface area contributed by atoms with E-state index in [-0.39, 0.29) is 0 Å². The maximum Gasteiger partial charge on any atom is 0.132 e. The lowest BCUT2D eigenvalue weighted by Gasteiger charge is -2.18. The summed E-state index contributed by atoms with van der Waals surface area (Å²) in [5, 5.41) is 0. The molecule has 0 fully saturated rings. The molecule has 0 aliphatic heterocycles. The molecular weight excluding hydrogens is 224 g/mol. The molecule has 18 heavy (non-hydrogen) atoms. The zero-order chi connectivity index (χ0) is 13.0. The van der Waals surface area contributed by atoms with Gasteiger partial charge in [0.1, 0.15) is 11.6 Å². The second-order valence-electron chi connectivity index (χ2n) is 4.34. The van der Waals surface area contributed by atoms with Gasteiger partial charge in [0, 0.05) is 26.3 Å². The monoisotopic (exact) mass is 242 g/mol. The Morgan fingerprint density at radius 1 is 1.22 bits per heavy atom. The second-order valence-corrected chi connectivity index (χ2v) is 4.34. The van der Waals surface area contributed by atoms with Crippen LogP contribution in [0.15, 0.2) is 36.5 Å².